The third kappa shape index (κ3) is 3.60. The van der Waals surface area contributed by atoms with E-state index in [1.54, 1.807) is 4.68 Å². The van der Waals surface area contributed by atoms with Gasteiger partial charge in [-0.2, -0.15) is 9.67 Å². The Morgan fingerprint density at radius 1 is 1.09 bits per heavy atom. The molecule has 0 aliphatic heterocycles. The standard InChI is InChI=1S/C17H19N5O/c1-2-23-15-10-8-13(9-11-15)12-19-17-20-16(18)22(21-17)14-6-4-3-5-7-14/h3-11H,2,12H2,1H3,(H3,18,19,20,21). The van der Waals surface area contributed by atoms with Crippen molar-refractivity contribution in [2.75, 3.05) is 17.7 Å². The van der Waals surface area contributed by atoms with E-state index in [9.17, 15) is 0 Å². The second kappa shape index (κ2) is 6.83. The van der Waals surface area contributed by atoms with Crippen molar-refractivity contribution in [3.8, 4) is 11.4 Å². The Hall–Kier alpha value is -3.02. The first kappa shape index (κ1) is 14.9. The molecule has 0 aliphatic carbocycles. The molecular weight excluding hydrogens is 290 g/mol. The number of anilines is 2. The number of nitrogen functional groups attached to an aromatic ring is 1. The minimum atomic E-state index is 0.352. The third-order valence-electron chi connectivity index (χ3n) is 3.32. The highest BCUT2D eigenvalue weighted by Gasteiger charge is 2.08. The summed E-state index contributed by atoms with van der Waals surface area (Å²) in [5.74, 6) is 1.72. The van der Waals surface area contributed by atoms with Gasteiger partial charge in [-0.05, 0) is 36.8 Å². The number of nitrogens with zero attached hydrogens (tertiary/aromatic N) is 3. The maximum Gasteiger partial charge on any atom is 0.244 e. The largest absolute Gasteiger partial charge is 0.494 e. The van der Waals surface area contributed by atoms with Gasteiger partial charge in [0.1, 0.15) is 5.75 Å². The van der Waals surface area contributed by atoms with E-state index in [2.05, 4.69) is 15.4 Å². The first-order valence-electron chi connectivity index (χ1n) is 7.50. The van der Waals surface area contributed by atoms with E-state index in [4.69, 9.17) is 10.5 Å². The summed E-state index contributed by atoms with van der Waals surface area (Å²) in [5, 5.41) is 7.57. The lowest BCUT2D eigenvalue weighted by Crippen LogP contribution is -2.03. The molecule has 6 heteroatoms. The number of rotatable bonds is 6. The van der Waals surface area contributed by atoms with Crippen LogP contribution in [0.4, 0.5) is 11.9 Å². The third-order valence-corrected chi connectivity index (χ3v) is 3.32. The molecule has 0 radical (unpaired) electrons. The topological polar surface area (TPSA) is 78.0 Å². The van der Waals surface area contributed by atoms with Gasteiger partial charge in [-0.1, -0.05) is 30.3 Å². The molecule has 0 atom stereocenters. The van der Waals surface area contributed by atoms with Crippen molar-refractivity contribution in [3.05, 3.63) is 60.2 Å². The molecule has 3 aromatic rings. The van der Waals surface area contributed by atoms with Crippen LogP contribution in [0.25, 0.3) is 5.69 Å². The van der Waals surface area contributed by atoms with Gasteiger partial charge in [-0.25, -0.2) is 0 Å². The summed E-state index contributed by atoms with van der Waals surface area (Å²) in [6.07, 6.45) is 0. The Labute approximate surface area is 134 Å². The normalized spacial score (nSPS) is 10.5. The summed E-state index contributed by atoms with van der Waals surface area (Å²) in [5.41, 5.74) is 7.92. The van der Waals surface area contributed by atoms with Gasteiger partial charge in [0.2, 0.25) is 11.9 Å². The van der Waals surface area contributed by atoms with E-state index in [1.165, 1.54) is 0 Å². The molecule has 0 amide bonds. The lowest BCUT2D eigenvalue weighted by atomic mass is 10.2. The summed E-state index contributed by atoms with van der Waals surface area (Å²) in [4.78, 5) is 4.24. The molecule has 0 aliphatic rings. The van der Waals surface area contributed by atoms with Crippen molar-refractivity contribution in [2.24, 2.45) is 0 Å². The van der Waals surface area contributed by atoms with Crippen LogP contribution < -0.4 is 15.8 Å². The molecule has 0 bridgehead atoms. The number of nitrogens with one attached hydrogen (secondary N) is 1. The van der Waals surface area contributed by atoms with Gasteiger partial charge in [0.05, 0.1) is 12.3 Å². The molecule has 2 aromatic carbocycles. The lowest BCUT2D eigenvalue weighted by molar-refractivity contribution is 0.340. The van der Waals surface area contributed by atoms with Crippen LogP contribution in [0.2, 0.25) is 0 Å². The molecule has 0 spiro atoms. The van der Waals surface area contributed by atoms with E-state index in [1.807, 2.05) is 61.5 Å². The first-order chi connectivity index (χ1) is 11.3. The van der Waals surface area contributed by atoms with Crippen molar-refractivity contribution in [1.82, 2.24) is 14.8 Å². The van der Waals surface area contributed by atoms with E-state index in [0.717, 1.165) is 17.0 Å². The molecule has 0 saturated heterocycles. The van der Waals surface area contributed by atoms with Crippen molar-refractivity contribution in [3.63, 3.8) is 0 Å². The van der Waals surface area contributed by atoms with Gasteiger partial charge in [0.15, 0.2) is 0 Å². The minimum Gasteiger partial charge on any atom is -0.494 e. The number of hydrogen-bond acceptors (Lipinski definition) is 5. The smallest absolute Gasteiger partial charge is 0.244 e. The highest BCUT2D eigenvalue weighted by molar-refractivity contribution is 5.42. The summed E-state index contributed by atoms with van der Waals surface area (Å²) in [7, 11) is 0. The molecular formula is C17H19N5O. The number of hydrogen-bond donors (Lipinski definition) is 2. The maximum absolute atomic E-state index is 5.93. The van der Waals surface area contributed by atoms with Gasteiger partial charge in [0.25, 0.3) is 0 Å². The fourth-order valence-electron chi connectivity index (χ4n) is 2.21. The van der Waals surface area contributed by atoms with Crippen LogP contribution in [0.3, 0.4) is 0 Å². The van der Waals surface area contributed by atoms with Crippen LogP contribution >= 0.6 is 0 Å². The second-order valence-corrected chi connectivity index (χ2v) is 4.97. The van der Waals surface area contributed by atoms with Crippen LogP contribution in [0.15, 0.2) is 54.6 Å². The number of aromatic nitrogens is 3. The fraction of sp³-hybridized carbons (Fsp3) is 0.176. The van der Waals surface area contributed by atoms with Gasteiger partial charge in [-0.15, -0.1) is 5.10 Å². The molecule has 0 saturated carbocycles. The summed E-state index contributed by atoms with van der Waals surface area (Å²) in [6.45, 7) is 3.25. The van der Waals surface area contributed by atoms with E-state index in [-0.39, 0.29) is 0 Å². The minimum absolute atomic E-state index is 0.352. The maximum atomic E-state index is 5.93. The summed E-state index contributed by atoms with van der Waals surface area (Å²) < 4.78 is 7.04. The number of nitrogens with two attached hydrogens (primary N) is 1. The Morgan fingerprint density at radius 3 is 2.52 bits per heavy atom. The highest BCUT2D eigenvalue weighted by atomic mass is 16.5. The molecule has 0 unspecified atom stereocenters. The van der Waals surface area contributed by atoms with E-state index < -0.39 is 0 Å². The van der Waals surface area contributed by atoms with Crippen molar-refractivity contribution in [2.45, 2.75) is 13.5 Å². The highest BCUT2D eigenvalue weighted by Crippen LogP contribution is 2.15. The molecule has 0 fully saturated rings. The summed E-state index contributed by atoms with van der Waals surface area (Å²) >= 11 is 0. The Balaban J connectivity index is 1.67. The first-order valence-corrected chi connectivity index (χ1v) is 7.50. The molecule has 23 heavy (non-hydrogen) atoms. The van der Waals surface area contributed by atoms with Crippen LogP contribution in [0.5, 0.6) is 5.75 Å². The van der Waals surface area contributed by atoms with Gasteiger partial charge >= 0.3 is 0 Å². The quantitative estimate of drug-likeness (QED) is 0.732. The molecule has 1 heterocycles. The van der Waals surface area contributed by atoms with Crippen LogP contribution in [0, 0.1) is 0 Å². The van der Waals surface area contributed by atoms with Crippen LogP contribution in [-0.4, -0.2) is 21.4 Å². The Morgan fingerprint density at radius 2 is 1.83 bits per heavy atom. The number of ether oxygens (including phenoxy) is 1. The molecule has 1 aromatic heterocycles. The monoisotopic (exact) mass is 309 g/mol. The fourth-order valence-corrected chi connectivity index (χ4v) is 2.21. The zero-order valence-corrected chi connectivity index (χ0v) is 12.9. The lowest BCUT2D eigenvalue weighted by Gasteiger charge is -2.05. The van der Waals surface area contributed by atoms with Gasteiger partial charge in [0, 0.05) is 6.54 Å². The molecule has 3 N–H and O–H groups in total. The molecule has 118 valence electrons. The van der Waals surface area contributed by atoms with Crippen molar-refractivity contribution < 1.29 is 4.74 Å². The SMILES string of the molecule is CCOc1ccc(CNc2nc(N)n(-c3ccccc3)n2)cc1. The average Bonchev–Trinajstić information content (AvgIpc) is 2.96. The zero-order valence-electron chi connectivity index (χ0n) is 12.9. The van der Waals surface area contributed by atoms with Gasteiger partial charge < -0.3 is 15.8 Å². The van der Waals surface area contributed by atoms with E-state index >= 15 is 0 Å². The average molecular weight is 309 g/mol. The van der Waals surface area contributed by atoms with Crippen LogP contribution in [-0.2, 0) is 6.54 Å². The number of para-hydroxylation sites is 1. The van der Waals surface area contributed by atoms with Crippen molar-refractivity contribution >= 4 is 11.9 Å². The second-order valence-electron chi connectivity index (χ2n) is 4.97. The van der Waals surface area contributed by atoms with Crippen molar-refractivity contribution in [1.29, 1.82) is 0 Å². The van der Waals surface area contributed by atoms with Gasteiger partial charge in [-0.3, -0.25) is 0 Å². The predicted octanol–water partition coefficient (Wildman–Crippen LogP) is 2.86. The molecule has 6 nitrogen and oxygen atoms in total. The Kier molecular flexibility index (Phi) is 4.42. The predicted molar refractivity (Wildman–Crippen MR) is 90.7 cm³/mol. The van der Waals surface area contributed by atoms with Crippen LogP contribution in [0.1, 0.15) is 12.5 Å². The molecule has 3 rings (SSSR count). The zero-order chi connectivity index (χ0) is 16.1. The summed E-state index contributed by atoms with van der Waals surface area (Å²) in [6, 6.07) is 17.6. The number of benzene rings is 2. The van der Waals surface area contributed by atoms with E-state index in [0.29, 0.717) is 25.0 Å². The Bertz CT molecular complexity index is 752.